The number of aromatic hydroxyl groups is 1. The van der Waals surface area contributed by atoms with Crippen LogP contribution in [0.5, 0.6) is 5.75 Å². The largest absolute Gasteiger partial charge is 0.508 e. The summed E-state index contributed by atoms with van der Waals surface area (Å²) in [6.45, 7) is 2.36. The van der Waals surface area contributed by atoms with Crippen molar-refractivity contribution < 1.29 is 23.8 Å². The lowest BCUT2D eigenvalue weighted by Gasteiger charge is -2.40. The van der Waals surface area contributed by atoms with Crippen LogP contribution in [-0.2, 0) is 26.3 Å². The molecule has 4 rings (SSSR count). The average molecular weight is 421 g/mol. The third kappa shape index (κ3) is 4.03. The fourth-order valence-corrected chi connectivity index (χ4v) is 4.19. The van der Waals surface area contributed by atoms with Gasteiger partial charge < -0.3 is 19.2 Å². The van der Waals surface area contributed by atoms with Gasteiger partial charge in [-0.05, 0) is 30.5 Å². The topological polar surface area (TPSA) is 97.0 Å². The Hall–Kier alpha value is -3.61. The molecule has 0 spiro atoms. The maximum atomic E-state index is 13.4. The first-order chi connectivity index (χ1) is 14.9. The monoisotopic (exact) mass is 421 g/mol. The molecule has 2 aromatic carbocycles. The molecule has 1 fully saturated rings. The quantitative estimate of drug-likeness (QED) is 0.514. The van der Waals surface area contributed by atoms with E-state index in [4.69, 9.17) is 9.15 Å². The van der Waals surface area contributed by atoms with Crippen LogP contribution in [0.2, 0.25) is 0 Å². The molecule has 1 aliphatic rings. The van der Waals surface area contributed by atoms with Crippen molar-refractivity contribution in [2.45, 2.75) is 31.8 Å². The number of rotatable bonds is 4. The molecule has 31 heavy (non-hydrogen) atoms. The van der Waals surface area contributed by atoms with Crippen molar-refractivity contribution in [1.29, 1.82) is 0 Å². The zero-order valence-corrected chi connectivity index (χ0v) is 17.2. The molecular weight excluding hydrogens is 398 g/mol. The molecule has 0 bridgehead atoms. The molecule has 160 valence electrons. The summed E-state index contributed by atoms with van der Waals surface area (Å²) in [4.78, 5) is 38.8. The van der Waals surface area contributed by atoms with Crippen LogP contribution in [0.25, 0.3) is 11.0 Å². The fraction of sp³-hybridized carbons (Fsp3) is 0.292. The zero-order chi connectivity index (χ0) is 22.0. The highest BCUT2D eigenvalue weighted by molar-refractivity contribution is 5.85. The van der Waals surface area contributed by atoms with Crippen LogP contribution in [0.3, 0.4) is 0 Å². The summed E-state index contributed by atoms with van der Waals surface area (Å²) in [5.74, 6) is -0.423. The minimum atomic E-state index is -0.860. The van der Waals surface area contributed by atoms with Gasteiger partial charge in [0.05, 0.1) is 5.41 Å². The van der Waals surface area contributed by atoms with Crippen molar-refractivity contribution in [3.63, 3.8) is 0 Å². The van der Waals surface area contributed by atoms with E-state index in [2.05, 4.69) is 0 Å². The van der Waals surface area contributed by atoms with Crippen molar-refractivity contribution in [2.75, 3.05) is 13.1 Å². The van der Waals surface area contributed by atoms with Crippen molar-refractivity contribution in [2.24, 2.45) is 0 Å². The highest BCUT2D eigenvalue weighted by Crippen LogP contribution is 2.37. The maximum Gasteiger partial charge on any atom is 0.336 e. The number of phenols is 1. The lowest BCUT2D eigenvalue weighted by Crippen LogP contribution is -2.49. The Morgan fingerprint density at radius 3 is 2.48 bits per heavy atom. The summed E-state index contributed by atoms with van der Waals surface area (Å²) < 4.78 is 10.9. The van der Waals surface area contributed by atoms with Gasteiger partial charge in [0, 0.05) is 43.1 Å². The van der Waals surface area contributed by atoms with Gasteiger partial charge in [0.15, 0.2) is 0 Å². The van der Waals surface area contributed by atoms with E-state index in [1.54, 1.807) is 11.0 Å². The molecular formula is C24H23NO6. The number of nitrogens with zero attached hydrogens (tertiary/aromatic N) is 1. The van der Waals surface area contributed by atoms with E-state index in [1.807, 2.05) is 30.3 Å². The predicted octanol–water partition coefficient (Wildman–Crippen LogP) is 3.12. The van der Waals surface area contributed by atoms with Crippen LogP contribution >= 0.6 is 0 Å². The Morgan fingerprint density at radius 2 is 1.81 bits per heavy atom. The standard InChI is InChI=1S/C24H23NO6/c1-16(26)25-11-9-24(10-12-25,18-5-3-2-4-6-18)23(29)30-15-17-13-22(28)31-21-14-19(27)7-8-20(17)21/h2-8,13-14,27H,9-12,15H2,1H3. The van der Waals surface area contributed by atoms with E-state index in [1.165, 1.54) is 25.1 Å². The minimum absolute atomic E-state index is 0.0132. The number of carbonyl (C=O) groups is 2. The molecule has 1 N–H and O–H groups in total. The van der Waals surface area contributed by atoms with Crippen molar-refractivity contribution in [3.05, 3.63) is 76.1 Å². The summed E-state index contributed by atoms with van der Waals surface area (Å²) in [5, 5.41) is 10.2. The van der Waals surface area contributed by atoms with Gasteiger partial charge >= 0.3 is 11.6 Å². The van der Waals surface area contributed by atoms with Crippen LogP contribution < -0.4 is 5.63 Å². The van der Waals surface area contributed by atoms with Gasteiger partial charge in [-0.25, -0.2) is 4.79 Å². The number of hydrogen-bond acceptors (Lipinski definition) is 6. The van der Waals surface area contributed by atoms with Gasteiger partial charge in [0.25, 0.3) is 0 Å². The van der Waals surface area contributed by atoms with E-state index >= 15 is 0 Å². The normalized spacial score (nSPS) is 15.6. The summed E-state index contributed by atoms with van der Waals surface area (Å²) in [6.07, 6.45) is 0.919. The Kier molecular flexibility index (Phi) is 5.50. The van der Waals surface area contributed by atoms with Crippen molar-refractivity contribution in [1.82, 2.24) is 4.90 Å². The first-order valence-corrected chi connectivity index (χ1v) is 10.1. The van der Waals surface area contributed by atoms with E-state index in [9.17, 15) is 19.5 Å². The number of amides is 1. The van der Waals surface area contributed by atoms with Crippen molar-refractivity contribution >= 4 is 22.8 Å². The highest BCUT2D eigenvalue weighted by Gasteiger charge is 2.44. The maximum absolute atomic E-state index is 13.4. The number of likely N-dealkylation sites (tertiary alicyclic amines) is 1. The lowest BCUT2D eigenvalue weighted by atomic mass is 9.72. The number of ether oxygens (including phenoxy) is 1. The molecule has 0 unspecified atom stereocenters. The predicted molar refractivity (Wildman–Crippen MR) is 114 cm³/mol. The average Bonchev–Trinajstić information content (AvgIpc) is 2.77. The number of fused-ring (bicyclic) bond motifs is 1. The fourth-order valence-electron chi connectivity index (χ4n) is 4.19. The summed E-state index contributed by atoms with van der Waals surface area (Å²) in [6, 6.07) is 15.2. The smallest absolute Gasteiger partial charge is 0.336 e. The molecule has 0 saturated carbocycles. The zero-order valence-electron chi connectivity index (χ0n) is 17.2. The number of benzene rings is 2. The second-order valence-electron chi connectivity index (χ2n) is 7.80. The Morgan fingerprint density at radius 1 is 1.10 bits per heavy atom. The number of hydrogen-bond donors (Lipinski definition) is 1. The minimum Gasteiger partial charge on any atom is -0.508 e. The van der Waals surface area contributed by atoms with Crippen LogP contribution in [0.1, 0.15) is 30.9 Å². The Labute approximate surface area is 178 Å². The second kappa shape index (κ2) is 8.26. The summed E-state index contributed by atoms with van der Waals surface area (Å²) in [5.41, 5.74) is 0.137. The first kappa shape index (κ1) is 20.7. The van der Waals surface area contributed by atoms with E-state index in [0.29, 0.717) is 36.9 Å². The molecule has 2 heterocycles. The molecule has 0 atom stereocenters. The van der Waals surface area contributed by atoms with Crippen LogP contribution in [-0.4, -0.2) is 35.0 Å². The molecule has 1 amide bonds. The molecule has 1 aliphatic heterocycles. The van der Waals surface area contributed by atoms with Gasteiger partial charge in [-0.15, -0.1) is 0 Å². The number of carbonyl (C=O) groups excluding carboxylic acids is 2. The molecule has 0 aliphatic carbocycles. The van der Waals surface area contributed by atoms with Crippen LogP contribution in [0, 0.1) is 0 Å². The summed E-state index contributed by atoms with van der Waals surface area (Å²) in [7, 11) is 0. The van der Waals surface area contributed by atoms with Gasteiger partial charge in [-0.3, -0.25) is 9.59 Å². The van der Waals surface area contributed by atoms with Crippen molar-refractivity contribution in [3.8, 4) is 5.75 Å². The van der Waals surface area contributed by atoms with Gasteiger partial charge in [0.1, 0.15) is 17.9 Å². The van der Waals surface area contributed by atoms with E-state index in [0.717, 1.165) is 5.56 Å². The molecule has 7 nitrogen and oxygen atoms in total. The van der Waals surface area contributed by atoms with E-state index in [-0.39, 0.29) is 29.8 Å². The number of piperidine rings is 1. The van der Waals surface area contributed by atoms with Crippen LogP contribution in [0.4, 0.5) is 0 Å². The second-order valence-corrected chi connectivity index (χ2v) is 7.80. The molecule has 3 aromatic rings. The number of phenolic OH excluding ortho intramolecular Hbond substituents is 1. The summed E-state index contributed by atoms with van der Waals surface area (Å²) >= 11 is 0. The third-order valence-corrected chi connectivity index (χ3v) is 5.95. The SMILES string of the molecule is CC(=O)N1CCC(C(=O)OCc2cc(=O)oc3cc(O)ccc23)(c2ccccc2)CC1. The Bertz CT molecular complexity index is 1180. The van der Waals surface area contributed by atoms with Gasteiger partial charge in [-0.2, -0.15) is 0 Å². The molecule has 1 saturated heterocycles. The van der Waals surface area contributed by atoms with Gasteiger partial charge in [0.2, 0.25) is 5.91 Å². The lowest BCUT2D eigenvalue weighted by molar-refractivity contribution is -0.155. The number of esters is 1. The first-order valence-electron chi connectivity index (χ1n) is 10.1. The van der Waals surface area contributed by atoms with Crippen LogP contribution in [0.15, 0.2) is 63.8 Å². The third-order valence-electron chi connectivity index (χ3n) is 5.95. The molecule has 0 radical (unpaired) electrons. The van der Waals surface area contributed by atoms with E-state index < -0.39 is 11.0 Å². The molecule has 7 heteroatoms. The highest BCUT2D eigenvalue weighted by atomic mass is 16.5. The van der Waals surface area contributed by atoms with Gasteiger partial charge in [-0.1, -0.05) is 30.3 Å². The molecule has 1 aromatic heterocycles. The Balaban J connectivity index is 1.62.